The molecule has 160 valence electrons. The number of hydrogen-bond acceptors (Lipinski definition) is 6. The lowest BCUT2D eigenvalue weighted by molar-refractivity contribution is -0.127. The van der Waals surface area contributed by atoms with Crippen LogP contribution in [0.3, 0.4) is 0 Å². The molecule has 1 atom stereocenters. The Balaban J connectivity index is 1.37. The van der Waals surface area contributed by atoms with Gasteiger partial charge in [0, 0.05) is 61.6 Å². The van der Waals surface area contributed by atoms with Gasteiger partial charge in [-0.25, -0.2) is 9.67 Å². The Kier molecular flexibility index (Phi) is 5.88. The average molecular weight is 419 g/mol. The summed E-state index contributed by atoms with van der Waals surface area (Å²) in [6.07, 6.45) is 6.34. The van der Waals surface area contributed by atoms with Gasteiger partial charge in [-0.15, -0.1) is 0 Å². The van der Waals surface area contributed by atoms with Crippen molar-refractivity contribution < 1.29 is 9.59 Å². The summed E-state index contributed by atoms with van der Waals surface area (Å²) in [4.78, 5) is 40.4. The van der Waals surface area contributed by atoms with Crippen molar-refractivity contribution in [2.75, 3.05) is 11.4 Å². The van der Waals surface area contributed by atoms with Gasteiger partial charge in [-0.3, -0.25) is 24.5 Å². The van der Waals surface area contributed by atoms with Crippen LogP contribution in [0.25, 0.3) is 11.3 Å². The maximum Gasteiger partial charge on any atom is 0.228 e. The minimum Gasteiger partial charge on any atom is -0.299 e. The predicted octanol–water partition coefficient (Wildman–Crippen LogP) is 2.93. The smallest absolute Gasteiger partial charge is 0.228 e. The maximum absolute atomic E-state index is 12.9. The molecule has 1 amide bonds. The summed E-state index contributed by atoms with van der Waals surface area (Å²) in [5.41, 5.74) is 4.01. The van der Waals surface area contributed by atoms with Crippen LogP contribution in [0.5, 0.6) is 0 Å². The number of carbonyl (C=O) groups is 2. The fraction of sp³-hybridized carbons (Fsp3) is 0.391. The first-order valence-corrected chi connectivity index (χ1v) is 10.5. The Bertz CT molecular complexity index is 1110. The van der Waals surface area contributed by atoms with E-state index in [1.165, 1.54) is 0 Å². The number of Topliss-reactive ketones (excluding diaryl/α,β-unsaturated/α-hetero) is 1. The zero-order valence-electron chi connectivity index (χ0n) is 18.1. The van der Waals surface area contributed by atoms with Gasteiger partial charge in [-0.05, 0) is 32.4 Å². The molecule has 0 bridgehead atoms. The fourth-order valence-corrected chi connectivity index (χ4v) is 3.78. The molecular weight excluding hydrogens is 392 g/mol. The Morgan fingerprint density at radius 2 is 1.94 bits per heavy atom. The van der Waals surface area contributed by atoms with E-state index in [2.05, 4.69) is 20.1 Å². The van der Waals surface area contributed by atoms with Crippen LogP contribution >= 0.6 is 0 Å². The van der Waals surface area contributed by atoms with Crippen LogP contribution < -0.4 is 4.90 Å². The summed E-state index contributed by atoms with van der Waals surface area (Å²) in [6.45, 7) is 7.10. The Hall–Kier alpha value is -3.42. The van der Waals surface area contributed by atoms with Crippen LogP contribution in [0, 0.1) is 19.8 Å². The molecule has 0 saturated heterocycles. The molecule has 4 rings (SSSR count). The van der Waals surface area contributed by atoms with E-state index in [0.717, 1.165) is 41.4 Å². The highest BCUT2D eigenvalue weighted by atomic mass is 16.2. The zero-order chi connectivity index (χ0) is 22.0. The van der Waals surface area contributed by atoms with Crippen LogP contribution in [0.4, 0.5) is 5.82 Å². The van der Waals surface area contributed by atoms with Crippen molar-refractivity contribution in [3.05, 3.63) is 53.9 Å². The summed E-state index contributed by atoms with van der Waals surface area (Å²) >= 11 is 0. The summed E-state index contributed by atoms with van der Waals surface area (Å²) in [7, 11) is 0. The second-order valence-corrected chi connectivity index (χ2v) is 8.10. The van der Waals surface area contributed by atoms with Gasteiger partial charge < -0.3 is 0 Å². The van der Waals surface area contributed by atoms with E-state index >= 15 is 0 Å². The average Bonchev–Trinajstić information content (AvgIpc) is 3.14. The minimum absolute atomic E-state index is 0.00523. The zero-order valence-corrected chi connectivity index (χ0v) is 18.1. The number of aryl methyl sites for hydroxylation is 3. The molecule has 8 heteroatoms. The van der Waals surface area contributed by atoms with Gasteiger partial charge in [0.25, 0.3) is 0 Å². The van der Waals surface area contributed by atoms with Gasteiger partial charge in [-0.2, -0.15) is 5.10 Å². The molecule has 0 spiro atoms. The molecule has 0 N–H and O–H groups in total. The third kappa shape index (κ3) is 4.68. The van der Waals surface area contributed by atoms with Gasteiger partial charge in [0.05, 0.1) is 23.3 Å². The van der Waals surface area contributed by atoms with E-state index < -0.39 is 0 Å². The van der Waals surface area contributed by atoms with E-state index in [4.69, 9.17) is 0 Å². The minimum atomic E-state index is -0.379. The normalized spacial score (nSPS) is 14.2. The summed E-state index contributed by atoms with van der Waals surface area (Å²) in [5.74, 6) is 0.412. The van der Waals surface area contributed by atoms with Crippen molar-refractivity contribution in [3.63, 3.8) is 0 Å². The predicted molar refractivity (Wildman–Crippen MR) is 116 cm³/mol. The maximum atomic E-state index is 12.9. The lowest BCUT2D eigenvalue weighted by atomic mass is 9.97. The van der Waals surface area contributed by atoms with Crippen molar-refractivity contribution in [1.82, 2.24) is 24.7 Å². The SMILES string of the molecule is Cc1cncc(-c2ccc(CC(=O)C(C)CC(=O)N3CCCn4nc(C)cc43)nc2)n1. The molecular formula is C23H26N6O2. The summed E-state index contributed by atoms with van der Waals surface area (Å²) in [5, 5.41) is 4.43. The quantitative estimate of drug-likeness (QED) is 0.611. The molecule has 3 aromatic rings. The van der Waals surface area contributed by atoms with Gasteiger partial charge >= 0.3 is 0 Å². The number of hydrogen-bond donors (Lipinski definition) is 0. The number of aromatic nitrogens is 5. The van der Waals surface area contributed by atoms with Crippen LogP contribution in [0.2, 0.25) is 0 Å². The van der Waals surface area contributed by atoms with E-state index in [9.17, 15) is 9.59 Å². The number of ketones is 1. The van der Waals surface area contributed by atoms with Crippen molar-refractivity contribution >= 4 is 17.5 Å². The highest BCUT2D eigenvalue weighted by Crippen LogP contribution is 2.24. The van der Waals surface area contributed by atoms with Crippen molar-refractivity contribution in [2.24, 2.45) is 5.92 Å². The molecule has 0 fully saturated rings. The van der Waals surface area contributed by atoms with Crippen LogP contribution in [0.15, 0.2) is 36.8 Å². The first kappa shape index (κ1) is 20.8. The van der Waals surface area contributed by atoms with E-state index in [1.807, 2.05) is 43.7 Å². The molecule has 1 aliphatic rings. The molecule has 3 aromatic heterocycles. The number of pyridine rings is 1. The lowest BCUT2D eigenvalue weighted by Crippen LogP contribution is -2.39. The number of rotatable bonds is 6. The topological polar surface area (TPSA) is 93.9 Å². The van der Waals surface area contributed by atoms with E-state index in [1.54, 1.807) is 23.5 Å². The molecule has 1 unspecified atom stereocenters. The number of fused-ring (bicyclic) bond motifs is 1. The molecule has 0 aromatic carbocycles. The fourth-order valence-electron chi connectivity index (χ4n) is 3.78. The Morgan fingerprint density at radius 3 is 2.68 bits per heavy atom. The van der Waals surface area contributed by atoms with Gasteiger partial charge in [0.1, 0.15) is 11.6 Å². The first-order chi connectivity index (χ1) is 14.9. The van der Waals surface area contributed by atoms with Gasteiger partial charge in [-0.1, -0.05) is 6.92 Å². The van der Waals surface area contributed by atoms with E-state index in [0.29, 0.717) is 12.2 Å². The summed E-state index contributed by atoms with van der Waals surface area (Å²) < 4.78 is 1.87. The molecule has 0 saturated carbocycles. The Labute approximate surface area is 181 Å². The number of amides is 1. The molecule has 0 radical (unpaired) electrons. The van der Waals surface area contributed by atoms with Crippen LogP contribution in [0.1, 0.15) is 36.8 Å². The van der Waals surface area contributed by atoms with Gasteiger partial charge in [0.2, 0.25) is 5.91 Å². The highest BCUT2D eigenvalue weighted by molar-refractivity contribution is 5.96. The van der Waals surface area contributed by atoms with Crippen molar-refractivity contribution in [3.8, 4) is 11.3 Å². The third-order valence-corrected chi connectivity index (χ3v) is 5.47. The molecule has 4 heterocycles. The van der Waals surface area contributed by atoms with Crippen LogP contribution in [-0.4, -0.2) is 43.0 Å². The molecule has 1 aliphatic heterocycles. The second-order valence-electron chi connectivity index (χ2n) is 8.10. The molecule has 0 aliphatic carbocycles. The van der Waals surface area contributed by atoms with Crippen LogP contribution in [-0.2, 0) is 22.6 Å². The van der Waals surface area contributed by atoms with E-state index in [-0.39, 0.29) is 30.4 Å². The summed E-state index contributed by atoms with van der Waals surface area (Å²) in [6, 6.07) is 5.65. The van der Waals surface area contributed by atoms with Gasteiger partial charge in [0.15, 0.2) is 0 Å². The number of carbonyl (C=O) groups excluding carboxylic acids is 2. The van der Waals surface area contributed by atoms with Crippen molar-refractivity contribution in [1.29, 1.82) is 0 Å². The second kappa shape index (κ2) is 8.75. The standard InChI is InChI=1S/C23H26N6O2/c1-15(9-23(31)28-7-4-8-29-22(28)10-16(2)27-29)21(30)11-19-6-5-18(13-25-19)20-14-24-12-17(3)26-20/h5-6,10,12-15H,4,7-9,11H2,1-3H3. The monoisotopic (exact) mass is 418 g/mol. The lowest BCUT2D eigenvalue weighted by Gasteiger charge is -2.28. The highest BCUT2D eigenvalue weighted by Gasteiger charge is 2.27. The Morgan fingerprint density at radius 1 is 1.10 bits per heavy atom. The number of nitrogens with zero attached hydrogens (tertiary/aromatic N) is 6. The molecule has 31 heavy (non-hydrogen) atoms. The van der Waals surface area contributed by atoms with Crippen molar-refractivity contribution in [2.45, 2.75) is 46.6 Å². The third-order valence-electron chi connectivity index (χ3n) is 5.47. The number of anilines is 1. The largest absolute Gasteiger partial charge is 0.299 e. The first-order valence-electron chi connectivity index (χ1n) is 10.5. The molecule has 8 nitrogen and oxygen atoms in total.